The summed E-state index contributed by atoms with van der Waals surface area (Å²) >= 11 is 0. The lowest BCUT2D eigenvalue weighted by molar-refractivity contribution is -0.138. The number of carboxylic acid groups (broad SMARTS) is 10. The van der Waals surface area contributed by atoms with Crippen LogP contribution in [0.2, 0.25) is 0 Å². The highest BCUT2D eigenvalue weighted by molar-refractivity contribution is 6.54. The largest absolute Gasteiger partial charge is 0.481 e. The summed E-state index contributed by atoms with van der Waals surface area (Å²) < 4.78 is 0. The third kappa shape index (κ3) is 122. The summed E-state index contributed by atoms with van der Waals surface area (Å²) in [5.41, 5.74) is 1.93. The summed E-state index contributed by atoms with van der Waals surface area (Å²) in [6.45, 7) is 19.8. The molecule has 11 N–H and O–H groups in total. The molecular formula is C105H190N2O21. The van der Waals surface area contributed by atoms with E-state index < -0.39 is 59.7 Å². The molecule has 1 amide bonds. The Morgan fingerprint density at radius 3 is 0.547 bits per heavy atom. The number of carbonyl (C=O) groups excluding carboxylic acids is 1. The molecular weight excluding hydrogens is 1630 g/mol. The zero-order chi connectivity index (χ0) is 97.2. The van der Waals surface area contributed by atoms with Crippen molar-refractivity contribution in [3.05, 3.63) is 59.7 Å². The highest BCUT2D eigenvalue weighted by atomic mass is 16.4. The highest BCUT2D eigenvalue weighted by Gasteiger charge is 2.26. The first-order valence-corrected chi connectivity index (χ1v) is 50.9. The van der Waals surface area contributed by atoms with Crippen LogP contribution < -0.4 is 5.32 Å². The number of anilines is 1. The van der Waals surface area contributed by atoms with Crippen molar-refractivity contribution in [2.24, 2.45) is 4.99 Å². The van der Waals surface area contributed by atoms with E-state index in [0.717, 1.165) is 116 Å². The van der Waals surface area contributed by atoms with Crippen molar-refractivity contribution in [3.8, 4) is 0 Å². The van der Waals surface area contributed by atoms with Gasteiger partial charge in [0, 0.05) is 63.4 Å². The van der Waals surface area contributed by atoms with E-state index in [9.17, 15) is 52.7 Å². The van der Waals surface area contributed by atoms with Gasteiger partial charge in [-0.25, -0.2) is 9.79 Å². The first-order chi connectivity index (χ1) is 61.6. The molecule has 1 aliphatic rings. The Kier molecular flexibility index (Phi) is 116. The summed E-state index contributed by atoms with van der Waals surface area (Å²) in [7, 11) is 0. The minimum atomic E-state index is -1.07. The number of aromatic carboxylic acids is 1. The molecule has 746 valence electrons. The van der Waals surface area contributed by atoms with Crippen molar-refractivity contribution in [1.82, 2.24) is 0 Å². The van der Waals surface area contributed by atoms with Crippen molar-refractivity contribution in [3.63, 3.8) is 0 Å². The fourth-order valence-electron chi connectivity index (χ4n) is 13.2. The number of unbranched alkanes of at least 4 members (excludes halogenated alkanes) is 54. The van der Waals surface area contributed by atoms with Crippen LogP contribution in [0, 0.1) is 0 Å². The van der Waals surface area contributed by atoms with Crippen LogP contribution in [0.25, 0.3) is 0 Å². The third-order valence-electron chi connectivity index (χ3n) is 21.0. The van der Waals surface area contributed by atoms with Crippen LogP contribution in [-0.2, 0) is 47.9 Å². The average molecular weight is 1820 g/mol. The number of amides is 1. The van der Waals surface area contributed by atoms with Crippen LogP contribution in [0.5, 0.6) is 0 Å². The molecule has 0 saturated carbocycles. The molecule has 2 aromatic carbocycles. The van der Waals surface area contributed by atoms with E-state index in [1.807, 2.05) is 6.07 Å². The summed E-state index contributed by atoms with van der Waals surface area (Å²) in [5.74, 6) is -7.37. The number of hydrogen-bond donors (Lipinski definition) is 11. The minimum absolute atomic E-state index is 0.0668. The van der Waals surface area contributed by atoms with Gasteiger partial charge in [-0.2, -0.15) is 0 Å². The standard InChI is InChI=1S/C15H10N2O3.9C10H20O2/c18-14-13(9-5-1-3-7-11(9)17-14)16-12-8-4-2-6-10(12)15(19)20;9*1-2-3-4-5-6-7-8-9-10(11)12/h1-8H,(H,19,20)(H,16,17,18);9*2-9H2,1H3,(H,11,12). The number of benzene rings is 2. The van der Waals surface area contributed by atoms with Gasteiger partial charge in [-0.15, -0.1) is 0 Å². The Balaban J connectivity index is -0.000000256. The molecule has 0 spiro atoms. The van der Waals surface area contributed by atoms with Gasteiger partial charge >= 0.3 is 59.7 Å². The Morgan fingerprint density at radius 1 is 0.219 bits per heavy atom. The van der Waals surface area contributed by atoms with Gasteiger partial charge in [-0.05, 0) is 76.0 Å². The van der Waals surface area contributed by atoms with Gasteiger partial charge in [-0.1, -0.05) is 439 Å². The predicted octanol–water partition coefficient (Wildman–Crippen LogP) is 31.4. The molecule has 2 aromatic rings. The second-order valence-corrected chi connectivity index (χ2v) is 33.7. The first kappa shape index (κ1) is 133. The third-order valence-corrected chi connectivity index (χ3v) is 21.0. The topological polar surface area (TPSA) is 414 Å². The van der Waals surface area contributed by atoms with E-state index in [-0.39, 0.29) is 22.9 Å². The van der Waals surface area contributed by atoms with Crippen molar-refractivity contribution in [2.45, 2.75) is 525 Å². The molecule has 0 aromatic heterocycles. The van der Waals surface area contributed by atoms with E-state index in [2.05, 4.69) is 72.6 Å². The van der Waals surface area contributed by atoms with Crippen LogP contribution in [0.1, 0.15) is 541 Å². The number of hydrogen-bond acceptors (Lipinski definition) is 12. The number of aliphatic imine (C=N–C) groups is 1. The SMILES string of the molecule is CCCCCCCCCC(=O)O.CCCCCCCCCC(=O)O.CCCCCCCCCC(=O)O.CCCCCCCCCC(=O)O.CCCCCCCCCC(=O)O.CCCCCCCCCC(=O)O.CCCCCCCCCC(=O)O.CCCCCCCCCC(=O)O.CCCCCCCCCC(=O)O.O=C1Nc2ccccc2/C1=N/c1ccccc1C(=O)O. The summed E-state index contributed by atoms with van der Waals surface area (Å²) in [5, 5.41) is 87.0. The predicted molar refractivity (Wildman–Crippen MR) is 527 cm³/mol. The Hall–Kier alpha value is -7.72. The Labute approximate surface area is 777 Å². The molecule has 0 fully saturated rings. The van der Waals surface area contributed by atoms with Crippen LogP contribution in [-0.4, -0.2) is 122 Å². The van der Waals surface area contributed by atoms with E-state index in [0.29, 0.717) is 69.0 Å². The molecule has 0 saturated heterocycles. The van der Waals surface area contributed by atoms with Gasteiger partial charge in [0.2, 0.25) is 0 Å². The molecule has 0 unspecified atom stereocenters. The Morgan fingerprint density at radius 2 is 0.375 bits per heavy atom. The fraction of sp³-hybridized carbons (Fsp3) is 0.771. The van der Waals surface area contributed by atoms with Crippen molar-refractivity contribution < 1.29 is 104 Å². The zero-order valence-corrected chi connectivity index (χ0v) is 82.4. The van der Waals surface area contributed by atoms with E-state index in [4.69, 9.17) is 51.1 Å². The number of aliphatic carboxylic acids is 9. The number of carbonyl (C=O) groups is 11. The lowest BCUT2D eigenvalue weighted by Crippen LogP contribution is -2.14. The molecule has 0 bridgehead atoms. The summed E-state index contributed by atoms with van der Waals surface area (Å²) in [6, 6.07) is 13.5. The van der Waals surface area contributed by atoms with Gasteiger partial charge < -0.3 is 56.4 Å². The van der Waals surface area contributed by atoms with Crippen LogP contribution in [0.4, 0.5) is 11.4 Å². The molecule has 0 aliphatic carbocycles. The number of carboxylic acids is 10. The first-order valence-electron chi connectivity index (χ1n) is 50.9. The molecule has 1 aliphatic heterocycles. The fourth-order valence-corrected chi connectivity index (χ4v) is 13.2. The zero-order valence-electron chi connectivity index (χ0n) is 82.4. The second-order valence-electron chi connectivity index (χ2n) is 33.7. The monoisotopic (exact) mass is 1820 g/mol. The van der Waals surface area contributed by atoms with Gasteiger partial charge in [0.1, 0.15) is 5.71 Å². The molecule has 128 heavy (non-hydrogen) atoms. The Bertz CT molecular complexity index is 2500. The van der Waals surface area contributed by atoms with Gasteiger partial charge in [0.15, 0.2) is 0 Å². The summed E-state index contributed by atoms with van der Waals surface area (Å²) in [4.78, 5) is 119. The van der Waals surface area contributed by atoms with Gasteiger partial charge in [0.25, 0.3) is 5.91 Å². The van der Waals surface area contributed by atoms with Crippen LogP contribution in [0.3, 0.4) is 0 Å². The smallest absolute Gasteiger partial charge is 0.337 e. The number of para-hydroxylation sites is 2. The van der Waals surface area contributed by atoms with Crippen molar-refractivity contribution >= 4 is 82.7 Å². The van der Waals surface area contributed by atoms with Crippen molar-refractivity contribution in [2.75, 3.05) is 5.32 Å². The highest BCUT2D eigenvalue weighted by Crippen LogP contribution is 2.28. The second kappa shape index (κ2) is 112. The maximum Gasteiger partial charge on any atom is 0.337 e. The molecule has 1 heterocycles. The molecule has 0 radical (unpaired) electrons. The normalized spacial score (nSPS) is 10.9. The maximum atomic E-state index is 11.9. The number of nitrogens with one attached hydrogen (secondary N) is 1. The van der Waals surface area contributed by atoms with Crippen LogP contribution in [0.15, 0.2) is 53.5 Å². The van der Waals surface area contributed by atoms with E-state index in [1.165, 1.54) is 295 Å². The lowest BCUT2D eigenvalue weighted by Gasteiger charge is -2.01. The molecule has 0 atom stereocenters. The number of fused-ring (bicyclic) bond motifs is 1. The average Bonchev–Trinajstić information content (AvgIpc) is 1.65. The van der Waals surface area contributed by atoms with Gasteiger partial charge in [-0.3, -0.25) is 47.9 Å². The molecule has 23 nitrogen and oxygen atoms in total. The lowest BCUT2D eigenvalue weighted by atomic mass is 10.1. The van der Waals surface area contributed by atoms with E-state index in [1.54, 1.807) is 36.4 Å². The maximum absolute atomic E-state index is 11.9. The van der Waals surface area contributed by atoms with E-state index >= 15 is 0 Å². The van der Waals surface area contributed by atoms with Crippen LogP contribution >= 0.6 is 0 Å². The molecule has 3 rings (SSSR count). The van der Waals surface area contributed by atoms with Crippen molar-refractivity contribution in [1.29, 1.82) is 0 Å². The number of rotatable bonds is 74. The molecule has 23 heteroatoms. The van der Waals surface area contributed by atoms with Gasteiger partial charge in [0.05, 0.1) is 16.9 Å². The number of nitrogens with zero attached hydrogens (tertiary/aromatic N) is 1. The minimum Gasteiger partial charge on any atom is -0.481 e. The summed E-state index contributed by atoms with van der Waals surface area (Å²) in [6.07, 6.45) is 77.8. The quantitative estimate of drug-likeness (QED) is 0.0274.